The van der Waals surface area contributed by atoms with Gasteiger partial charge in [0, 0.05) is 26.2 Å². The van der Waals surface area contributed by atoms with E-state index >= 15 is 0 Å². The first-order chi connectivity index (χ1) is 9.13. The molecule has 0 radical (unpaired) electrons. The lowest BCUT2D eigenvalue weighted by Crippen LogP contribution is -2.53. The van der Waals surface area contributed by atoms with Crippen molar-refractivity contribution in [2.45, 2.75) is 19.4 Å². The second-order valence-corrected chi connectivity index (χ2v) is 5.68. The van der Waals surface area contributed by atoms with Crippen molar-refractivity contribution < 1.29 is 0 Å². The van der Waals surface area contributed by atoms with Gasteiger partial charge in [-0.25, -0.2) is 0 Å². The van der Waals surface area contributed by atoms with Crippen LogP contribution in [0.15, 0.2) is 24.3 Å². The molecular weight excluding hydrogens is 278 g/mol. The molecule has 1 atom stereocenters. The highest BCUT2D eigenvalue weighted by molar-refractivity contribution is 7.80. The molecule has 1 aromatic carbocycles. The maximum atomic E-state index is 6.24. The molecule has 3 nitrogen and oxygen atoms in total. The number of nitrogens with zero attached hydrogens (tertiary/aromatic N) is 2. The van der Waals surface area contributed by atoms with E-state index in [1.165, 1.54) is 0 Å². The zero-order valence-electron chi connectivity index (χ0n) is 11.2. The van der Waals surface area contributed by atoms with Crippen molar-refractivity contribution in [2.75, 3.05) is 31.1 Å². The van der Waals surface area contributed by atoms with Gasteiger partial charge in [0.05, 0.1) is 21.7 Å². The minimum Gasteiger partial charge on any atom is -0.392 e. The number of hydrogen-bond donors (Lipinski definition) is 1. The SMILES string of the molecule is CCC(C(N)=S)N1CCN(c2ccccc2Cl)CC1. The van der Waals surface area contributed by atoms with Gasteiger partial charge in [0.1, 0.15) is 0 Å². The van der Waals surface area contributed by atoms with E-state index in [9.17, 15) is 0 Å². The second-order valence-electron chi connectivity index (χ2n) is 4.80. The van der Waals surface area contributed by atoms with E-state index < -0.39 is 0 Å². The van der Waals surface area contributed by atoms with E-state index in [4.69, 9.17) is 29.6 Å². The predicted octanol–water partition coefficient (Wildman–Crippen LogP) is 2.53. The van der Waals surface area contributed by atoms with E-state index in [0.29, 0.717) is 4.99 Å². The third kappa shape index (κ3) is 3.38. The molecule has 0 aliphatic carbocycles. The number of nitrogens with two attached hydrogens (primary N) is 1. The summed E-state index contributed by atoms with van der Waals surface area (Å²) in [6.07, 6.45) is 0.974. The van der Waals surface area contributed by atoms with Crippen LogP contribution in [0, 0.1) is 0 Å². The highest BCUT2D eigenvalue weighted by Crippen LogP contribution is 2.26. The van der Waals surface area contributed by atoms with E-state index in [-0.39, 0.29) is 6.04 Å². The van der Waals surface area contributed by atoms with Crippen LogP contribution in [0.2, 0.25) is 5.02 Å². The van der Waals surface area contributed by atoms with Gasteiger partial charge in [-0.15, -0.1) is 0 Å². The Morgan fingerprint density at radius 2 is 1.95 bits per heavy atom. The Labute approximate surface area is 125 Å². The molecule has 0 aromatic heterocycles. The highest BCUT2D eigenvalue weighted by atomic mass is 35.5. The molecule has 0 spiro atoms. The molecular formula is C14H20ClN3S. The lowest BCUT2D eigenvalue weighted by atomic mass is 10.1. The normalized spacial score (nSPS) is 18.3. The van der Waals surface area contributed by atoms with Crippen LogP contribution in [-0.2, 0) is 0 Å². The molecule has 1 unspecified atom stereocenters. The Morgan fingerprint density at radius 1 is 1.32 bits per heavy atom. The highest BCUT2D eigenvalue weighted by Gasteiger charge is 2.24. The second kappa shape index (κ2) is 6.55. The molecule has 2 rings (SSSR count). The summed E-state index contributed by atoms with van der Waals surface area (Å²) in [5.41, 5.74) is 6.92. The average molecular weight is 298 g/mol. The number of thiocarbonyl (C=S) groups is 1. The Bertz CT molecular complexity index is 444. The van der Waals surface area contributed by atoms with Crippen molar-refractivity contribution in [3.63, 3.8) is 0 Å². The van der Waals surface area contributed by atoms with Gasteiger partial charge < -0.3 is 10.6 Å². The number of benzene rings is 1. The van der Waals surface area contributed by atoms with Crippen LogP contribution in [0.4, 0.5) is 5.69 Å². The molecule has 0 amide bonds. The third-order valence-electron chi connectivity index (χ3n) is 3.66. The van der Waals surface area contributed by atoms with Gasteiger partial charge in [-0.3, -0.25) is 4.90 Å². The van der Waals surface area contributed by atoms with Crippen LogP contribution in [0.25, 0.3) is 0 Å². The van der Waals surface area contributed by atoms with E-state index in [1.807, 2.05) is 18.2 Å². The number of halogens is 1. The van der Waals surface area contributed by atoms with Crippen molar-refractivity contribution in [3.05, 3.63) is 29.3 Å². The van der Waals surface area contributed by atoms with Crippen LogP contribution < -0.4 is 10.6 Å². The predicted molar refractivity (Wildman–Crippen MR) is 86.1 cm³/mol. The third-order valence-corrected chi connectivity index (χ3v) is 4.25. The van der Waals surface area contributed by atoms with Gasteiger partial charge in [-0.05, 0) is 18.6 Å². The standard InChI is InChI=1S/C14H20ClN3S/c1-2-12(14(16)19)17-7-9-18(10-8-17)13-6-4-3-5-11(13)15/h3-6,12H,2,7-10H2,1H3,(H2,16,19). The Morgan fingerprint density at radius 3 is 2.47 bits per heavy atom. The number of rotatable bonds is 4. The first-order valence-electron chi connectivity index (χ1n) is 6.66. The fourth-order valence-electron chi connectivity index (χ4n) is 2.62. The number of hydrogen-bond acceptors (Lipinski definition) is 3. The molecule has 0 bridgehead atoms. The summed E-state index contributed by atoms with van der Waals surface area (Å²) in [5, 5.41) is 0.817. The Kier molecular flexibility index (Phi) is 5.02. The monoisotopic (exact) mass is 297 g/mol. The topological polar surface area (TPSA) is 32.5 Å². The fraction of sp³-hybridized carbons (Fsp3) is 0.500. The summed E-state index contributed by atoms with van der Waals surface area (Å²) in [4.78, 5) is 5.30. The molecule has 1 fully saturated rings. The number of piperazine rings is 1. The van der Waals surface area contributed by atoms with Crippen molar-refractivity contribution in [2.24, 2.45) is 5.73 Å². The smallest absolute Gasteiger partial charge is 0.0901 e. The lowest BCUT2D eigenvalue weighted by molar-refractivity contribution is 0.224. The first-order valence-corrected chi connectivity index (χ1v) is 7.45. The first kappa shape index (κ1) is 14.6. The minimum absolute atomic E-state index is 0.225. The van der Waals surface area contributed by atoms with Crippen LogP contribution in [0.1, 0.15) is 13.3 Å². The van der Waals surface area contributed by atoms with E-state index in [0.717, 1.165) is 43.3 Å². The Balaban J connectivity index is 2.00. The fourth-order valence-corrected chi connectivity index (χ4v) is 3.19. The van der Waals surface area contributed by atoms with Gasteiger partial charge in [-0.2, -0.15) is 0 Å². The van der Waals surface area contributed by atoms with Crippen LogP contribution in [-0.4, -0.2) is 42.1 Å². The summed E-state index contributed by atoms with van der Waals surface area (Å²) in [6, 6.07) is 8.22. The Hall–Kier alpha value is -0.840. The van der Waals surface area contributed by atoms with Crippen LogP contribution in [0.3, 0.4) is 0 Å². The molecule has 1 heterocycles. The zero-order valence-corrected chi connectivity index (χ0v) is 12.8. The van der Waals surface area contributed by atoms with Crippen LogP contribution in [0.5, 0.6) is 0 Å². The summed E-state index contributed by atoms with van der Waals surface area (Å²) in [5.74, 6) is 0. The molecule has 1 aliphatic rings. The molecule has 19 heavy (non-hydrogen) atoms. The molecule has 1 aliphatic heterocycles. The molecule has 1 saturated heterocycles. The quantitative estimate of drug-likeness (QED) is 0.866. The molecule has 1 aromatic rings. The lowest BCUT2D eigenvalue weighted by Gasteiger charge is -2.39. The summed E-state index contributed by atoms with van der Waals surface area (Å²) in [6.45, 7) is 6.00. The van der Waals surface area contributed by atoms with E-state index in [2.05, 4.69) is 22.8 Å². The number of para-hydroxylation sites is 1. The maximum Gasteiger partial charge on any atom is 0.0901 e. The van der Waals surface area contributed by atoms with Crippen molar-refractivity contribution in [3.8, 4) is 0 Å². The van der Waals surface area contributed by atoms with Crippen LogP contribution >= 0.6 is 23.8 Å². The summed E-state index contributed by atoms with van der Waals surface area (Å²) >= 11 is 11.4. The van der Waals surface area contributed by atoms with Crippen molar-refractivity contribution in [1.82, 2.24) is 4.90 Å². The van der Waals surface area contributed by atoms with Crippen molar-refractivity contribution in [1.29, 1.82) is 0 Å². The summed E-state index contributed by atoms with van der Waals surface area (Å²) < 4.78 is 0. The molecule has 0 saturated carbocycles. The van der Waals surface area contributed by atoms with Gasteiger partial charge in [-0.1, -0.05) is 42.9 Å². The number of anilines is 1. The average Bonchev–Trinajstić information content (AvgIpc) is 2.41. The molecule has 2 N–H and O–H groups in total. The largest absolute Gasteiger partial charge is 0.392 e. The minimum atomic E-state index is 0.225. The van der Waals surface area contributed by atoms with Crippen molar-refractivity contribution >= 4 is 34.5 Å². The van der Waals surface area contributed by atoms with Gasteiger partial charge in [0.25, 0.3) is 0 Å². The maximum absolute atomic E-state index is 6.24. The molecule has 5 heteroatoms. The summed E-state index contributed by atoms with van der Waals surface area (Å²) in [7, 11) is 0. The van der Waals surface area contributed by atoms with Gasteiger partial charge in [0.2, 0.25) is 0 Å². The van der Waals surface area contributed by atoms with E-state index in [1.54, 1.807) is 0 Å². The molecule has 104 valence electrons. The van der Waals surface area contributed by atoms with Gasteiger partial charge in [0.15, 0.2) is 0 Å². The zero-order chi connectivity index (χ0) is 13.8. The van der Waals surface area contributed by atoms with Gasteiger partial charge >= 0.3 is 0 Å².